The fourth-order valence-corrected chi connectivity index (χ4v) is 4.12. The second kappa shape index (κ2) is 7.67. The monoisotopic (exact) mass is 370 g/mol. The summed E-state index contributed by atoms with van der Waals surface area (Å²) in [5.41, 5.74) is 7.48. The summed E-state index contributed by atoms with van der Waals surface area (Å²) in [6, 6.07) is 14.0. The van der Waals surface area contributed by atoms with Gasteiger partial charge in [-0.2, -0.15) is 0 Å². The minimum absolute atomic E-state index is 0. The number of hydrogen-bond donors (Lipinski definition) is 1. The van der Waals surface area contributed by atoms with Crippen molar-refractivity contribution >= 4 is 41.3 Å². The van der Waals surface area contributed by atoms with Crippen LogP contribution in [0.1, 0.15) is 29.2 Å². The fourth-order valence-electron chi connectivity index (χ4n) is 3.02. The van der Waals surface area contributed by atoms with Gasteiger partial charge in [-0.25, -0.2) is 0 Å². The summed E-state index contributed by atoms with van der Waals surface area (Å²) in [4.78, 5) is 15.6. The average Bonchev–Trinajstić information content (AvgIpc) is 3.13. The summed E-state index contributed by atoms with van der Waals surface area (Å²) in [6.45, 7) is 3.24. The number of likely N-dealkylation sites (tertiary alicyclic amines) is 1. The summed E-state index contributed by atoms with van der Waals surface area (Å²) < 4.78 is 0.718. The van der Waals surface area contributed by atoms with Crippen LogP contribution >= 0.6 is 35.3 Å². The zero-order valence-electron chi connectivity index (χ0n) is 12.8. The van der Waals surface area contributed by atoms with E-state index in [1.54, 1.807) is 0 Å². The molecule has 0 radical (unpaired) electrons. The Labute approximate surface area is 151 Å². The number of amides is 1. The highest BCUT2D eigenvalue weighted by atomic mass is 35.5. The van der Waals surface area contributed by atoms with Crippen LogP contribution in [0.4, 0.5) is 0 Å². The van der Waals surface area contributed by atoms with Gasteiger partial charge in [-0.15, -0.1) is 23.7 Å². The van der Waals surface area contributed by atoms with Crippen molar-refractivity contribution in [2.75, 3.05) is 13.1 Å². The van der Waals surface area contributed by atoms with Crippen LogP contribution in [0, 0.1) is 0 Å². The van der Waals surface area contributed by atoms with Crippen molar-refractivity contribution in [3.8, 4) is 0 Å². The van der Waals surface area contributed by atoms with E-state index in [0.29, 0.717) is 13.1 Å². The van der Waals surface area contributed by atoms with E-state index in [9.17, 15) is 4.79 Å². The molecule has 1 unspecified atom stereocenters. The fraction of sp³-hybridized carbons (Fsp3) is 0.353. The van der Waals surface area contributed by atoms with Crippen molar-refractivity contribution in [1.29, 1.82) is 0 Å². The van der Waals surface area contributed by atoms with Gasteiger partial charge >= 0.3 is 0 Å². The maximum atomic E-state index is 12.7. The molecule has 1 aliphatic heterocycles. The number of rotatable bonds is 3. The highest BCUT2D eigenvalue weighted by Gasteiger charge is 2.35. The van der Waals surface area contributed by atoms with E-state index in [2.05, 4.69) is 12.1 Å². The van der Waals surface area contributed by atoms with Gasteiger partial charge in [-0.05, 0) is 24.6 Å². The van der Waals surface area contributed by atoms with Crippen LogP contribution in [0.25, 0.3) is 0 Å². The maximum Gasteiger partial charge on any atom is 0.230 e. The molecular formula is C17H20Cl2N2OS. The van der Waals surface area contributed by atoms with Crippen molar-refractivity contribution in [2.45, 2.75) is 24.8 Å². The van der Waals surface area contributed by atoms with Gasteiger partial charge in [0, 0.05) is 29.9 Å². The highest BCUT2D eigenvalue weighted by Crippen LogP contribution is 2.32. The molecule has 1 aromatic heterocycles. The lowest BCUT2D eigenvalue weighted by Gasteiger charge is -2.20. The van der Waals surface area contributed by atoms with Crippen LogP contribution in [-0.2, 0) is 4.79 Å². The van der Waals surface area contributed by atoms with Gasteiger partial charge in [0.15, 0.2) is 0 Å². The van der Waals surface area contributed by atoms with Gasteiger partial charge in [-0.1, -0.05) is 41.9 Å². The predicted octanol–water partition coefficient (Wildman–Crippen LogP) is 3.88. The molecule has 3 rings (SSSR count). The number of nitrogens with zero attached hydrogens (tertiary/aromatic N) is 1. The van der Waals surface area contributed by atoms with Crippen LogP contribution < -0.4 is 5.73 Å². The molecule has 0 spiro atoms. The van der Waals surface area contributed by atoms with Gasteiger partial charge in [0.05, 0.1) is 10.3 Å². The number of thiophene rings is 1. The van der Waals surface area contributed by atoms with E-state index in [-0.39, 0.29) is 36.2 Å². The normalized spacial score (nSPS) is 21.8. The Bertz CT molecular complexity index is 662. The second-order valence-corrected chi connectivity index (χ2v) is 7.53. The first-order chi connectivity index (χ1) is 10.6. The first-order valence-electron chi connectivity index (χ1n) is 7.41. The maximum absolute atomic E-state index is 12.7. The Hall–Kier alpha value is -1.07. The lowest BCUT2D eigenvalue weighted by atomic mass is 9.95. The van der Waals surface area contributed by atoms with E-state index in [0.717, 1.165) is 9.21 Å². The van der Waals surface area contributed by atoms with Gasteiger partial charge in [0.2, 0.25) is 5.91 Å². The van der Waals surface area contributed by atoms with E-state index in [1.165, 1.54) is 16.9 Å². The summed E-state index contributed by atoms with van der Waals surface area (Å²) >= 11 is 7.44. The van der Waals surface area contributed by atoms with Crippen LogP contribution in [-0.4, -0.2) is 29.9 Å². The Balaban J connectivity index is 0.00000192. The lowest BCUT2D eigenvalue weighted by molar-refractivity contribution is -0.131. The molecule has 1 saturated heterocycles. The Morgan fingerprint density at radius 3 is 2.57 bits per heavy atom. The first kappa shape index (κ1) is 18.3. The molecule has 2 aromatic rings. The zero-order valence-corrected chi connectivity index (χ0v) is 15.2. The van der Waals surface area contributed by atoms with Crippen molar-refractivity contribution in [3.63, 3.8) is 0 Å². The van der Waals surface area contributed by atoms with E-state index >= 15 is 0 Å². The largest absolute Gasteiger partial charge is 0.340 e. The number of carbonyl (C=O) groups is 1. The number of halogens is 2. The minimum atomic E-state index is -0.167. The molecule has 1 amide bonds. The molecule has 1 aliphatic rings. The topological polar surface area (TPSA) is 46.3 Å². The number of benzene rings is 1. The van der Waals surface area contributed by atoms with Crippen molar-refractivity contribution in [1.82, 2.24) is 4.90 Å². The molecule has 0 aliphatic carbocycles. The quantitative estimate of drug-likeness (QED) is 0.890. The summed E-state index contributed by atoms with van der Waals surface area (Å²) in [5.74, 6) is 0.177. The molecule has 2 N–H and O–H groups in total. The number of carbonyl (C=O) groups excluding carboxylic acids is 1. The molecular weight excluding hydrogens is 351 g/mol. The molecule has 1 aromatic carbocycles. The molecule has 2 heterocycles. The summed E-state index contributed by atoms with van der Waals surface area (Å²) in [5, 5.41) is 0. The highest BCUT2D eigenvalue weighted by molar-refractivity contribution is 7.16. The molecule has 6 heteroatoms. The molecule has 3 atom stereocenters. The molecule has 0 bridgehead atoms. The third-order valence-corrected chi connectivity index (χ3v) is 5.71. The smallest absolute Gasteiger partial charge is 0.230 e. The molecule has 3 nitrogen and oxygen atoms in total. The molecule has 1 fully saturated rings. The average molecular weight is 371 g/mol. The van der Waals surface area contributed by atoms with E-state index in [4.69, 9.17) is 17.3 Å². The van der Waals surface area contributed by atoms with Gasteiger partial charge in [-0.3, -0.25) is 4.79 Å². The third-order valence-electron chi connectivity index (χ3n) is 4.30. The van der Waals surface area contributed by atoms with E-state index < -0.39 is 0 Å². The number of hydrogen-bond acceptors (Lipinski definition) is 3. The zero-order chi connectivity index (χ0) is 15.7. The SMILES string of the molecule is CC(C(=O)N1C[C@@H](N)[C@H](c2ccccc2)C1)c1ccc(Cl)s1.Cl. The molecule has 23 heavy (non-hydrogen) atoms. The van der Waals surface area contributed by atoms with Gasteiger partial charge in [0.25, 0.3) is 0 Å². The first-order valence-corrected chi connectivity index (χ1v) is 8.60. The summed E-state index contributed by atoms with van der Waals surface area (Å²) in [6.07, 6.45) is 0. The van der Waals surface area contributed by atoms with Crippen molar-refractivity contribution in [2.24, 2.45) is 5.73 Å². The standard InChI is InChI=1S/C17H19ClN2OS.ClH/c1-11(15-7-8-16(18)22-15)17(21)20-9-13(14(19)10-20)12-5-3-2-4-6-12;/h2-8,11,13-14H,9-10,19H2,1H3;1H/t11?,13-,14+;/m0./s1. The molecule has 124 valence electrons. The van der Waals surface area contributed by atoms with E-state index in [1.807, 2.05) is 42.2 Å². The Kier molecular flexibility index (Phi) is 6.09. The van der Waals surface area contributed by atoms with Crippen LogP contribution in [0.5, 0.6) is 0 Å². The predicted molar refractivity (Wildman–Crippen MR) is 98.7 cm³/mol. The van der Waals surface area contributed by atoms with Crippen LogP contribution in [0.15, 0.2) is 42.5 Å². The molecule has 0 saturated carbocycles. The van der Waals surface area contributed by atoms with Gasteiger partial charge in [0.1, 0.15) is 0 Å². The van der Waals surface area contributed by atoms with Gasteiger partial charge < -0.3 is 10.6 Å². The number of nitrogens with two attached hydrogens (primary N) is 1. The minimum Gasteiger partial charge on any atom is -0.340 e. The third kappa shape index (κ3) is 3.89. The lowest BCUT2D eigenvalue weighted by Crippen LogP contribution is -2.34. The van der Waals surface area contributed by atoms with Crippen molar-refractivity contribution < 1.29 is 4.79 Å². The Morgan fingerprint density at radius 1 is 1.26 bits per heavy atom. The van der Waals surface area contributed by atoms with Crippen molar-refractivity contribution in [3.05, 3.63) is 57.2 Å². The Morgan fingerprint density at radius 2 is 1.96 bits per heavy atom. The second-order valence-electron chi connectivity index (χ2n) is 5.79. The summed E-state index contributed by atoms with van der Waals surface area (Å²) in [7, 11) is 0. The van der Waals surface area contributed by atoms with Crippen LogP contribution in [0.2, 0.25) is 4.34 Å². The van der Waals surface area contributed by atoms with Crippen LogP contribution in [0.3, 0.4) is 0 Å².